The first kappa shape index (κ1) is 60.6. The lowest BCUT2D eigenvalue weighted by Crippen LogP contribution is -2.41. The van der Waals surface area contributed by atoms with Crippen LogP contribution in [-0.4, -0.2) is 63.9 Å². The van der Waals surface area contributed by atoms with E-state index < -0.39 is 0 Å². The molecule has 0 bridgehead atoms. The molecule has 0 unspecified atom stereocenters. The van der Waals surface area contributed by atoms with Gasteiger partial charge in [0.05, 0.1) is 28.8 Å². The van der Waals surface area contributed by atoms with E-state index in [0.717, 1.165) is 91.8 Å². The maximum atomic E-state index is 10.2. The molecule has 4 aromatic rings. The smallest absolute Gasteiger partial charge is 0.411 e. The Morgan fingerprint density at radius 1 is 0.625 bits per heavy atom. The molecule has 390 valence electrons. The molecular formula is C57H76BBr3N4O7. The van der Waals surface area contributed by atoms with E-state index in [0.29, 0.717) is 5.56 Å². The lowest BCUT2D eigenvalue weighted by Gasteiger charge is -2.32. The van der Waals surface area contributed by atoms with E-state index in [1.807, 2.05) is 44.2 Å². The second kappa shape index (κ2) is 27.5. The number of carbonyl (C=O) groups is 1. The third-order valence-corrected chi connectivity index (χ3v) is 16.9. The maximum absolute atomic E-state index is 10.2. The van der Waals surface area contributed by atoms with Crippen molar-refractivity contribution < 1.29 is 34.2 Å². The van der Waals surface area contributed by atoms with Gasteiger partial charge in [-0.15, -0.1) is 0 Å². The standard InChI is InChI=1S/C20H28BNO3.C14H16BrNO.C8H8BrNO.C8H7BrO.C6H10.CH4.H3NO/c1-14-8-9-15(17-13-20(25-22-17)10-6-7-11-20)12-16(14)21-23-18(2,3)19(4,5)24-21;1-10-4-5-11(8-12(10)15)13-9-14(17-16-13)6-2-3-7-14;1-6-2-3-7(5-10-11)4-8(6)9;1-6-2-3-7(5-10)4-8(6)9;1-6-4-2-3-5-6;;1-2/h8-9,12H,6-7,10-11,13H2,1-5H3;4-5,8H,2-3,6-7,9H2,1H3;2-5,11H,1H3;2-5H,1H3;1-5H2;1H4;2H,1H2/b;;10-5-;;;;. The molecule has 0 atom stereocenters. The molecule has 72 heavy (non-hydrogen) atoms. The van der Waals surface area contributed by atoms with Crippen LogP contribution in [0.15, 0.2) is 114 Å². The zero-order valence-corrected chi connectivity index (χ0v) is 47.5. The molecule has 4 fully saturated rings. The molecule has 6 aliphatic rings. The molecule has 10 rings (SSSR count). The fraction of sp³-hybridized carbons (Fsp3) is 0.474. The normalized spacial score (nSPS) is 19.1. The summed E-state index contributed by atoms with van der Waals surface area (Å²) in [6, 6.07) is 24.1. The molecule has 15 heteroatoms. The van der Waals surface area contributed by atoms with Crippen LogP contribution in [0, 0.1) is 27.7 Å². The number of aldehydes is 1. The van der Waals surface area contributed by atoms with Crippen molar-refractivity contribution in [3.8, 4) is 0 Å². The topological polar surface area (TPSA) is 158 Å². The highest BCUT2D eigenvalue weighted by Crippen LogP contribution is 2.43. The monoisotopic (exact) mass is 1180 g/mol. The van der Waals surface area contributed by atoms with Gasteiger partial charge in [0.1, 0.15) is 17.5 Å². The van der Waals surface area contributed by atoms with Gasteiger partial charge in [-0.3, -0.25) is 4.79 Å². The van der Waals surface area contributed by atoms with Gasteiger partial charge in [-0.25, -0.2) is 5.90 Å². The fourth-order valence-electron chi connectivity index (χ4n) is 9.06. The lowest BCUT2D eigenvalue weighted by atomic mass is 9.75. The molecule has 3 aliphatic heterocycles. The van der Waals surface area contributed by atoms with Gasteiger partial charge < -0.3 is 29.4 Å². The van der Waals surface area contributed by atoms with Gasteiger partial charge >= 0.3 is 7.12 Å². The highest BCUT2D eigenvalue weighted by molar-refractivity contribution is 9.11. The van der Waals surface area contributed by atoms with Crippen molar-refractivity contribution in [3.63, 3.8) is 0 Å². The molecule has 1 saturated heterocycles. The Hall–Kier alpha value is -3.96. The van der Waals surface area contributed by atoms with Gasteiger partial charge in [0.2, 0.25) is 0 Å². The third kappa shape index (κ3) is 16.3. The van der Waals surface area contributed by atoms with E-state index in [1.165, 1.54) is 85.4 Å². The summed E-state index contributed by atoms with van der Waals surface area (Å²) in [5.41, 5.74) is 12.7. The number of allylic oxidation sites excluding steroid dienone is 1. The van der Waals surface area contributed by atoms with Gasteiger partial charge in [0, 0.05) is 37.4 Å². The first-order valence-electron chi connectivity index (χ1n) is 24.6. The number of aryl methyl sites for hydroxylation is 4. The van der Waals surface area contributed by atoms with Crippen molar-refractivity contribution >= 4 is 84.3 Å². The Labute approximate surface area is 454 Å². The second-order valence-electron chi connectivity index (χ2n) is 20.4. The van der Waals surface area contributed by atoms with Crippen LogP contribution in [0.3, 0.4) is 0 Å². The van der Waals surface area contributed by atoms with Gasteiger partial charge in [0.25, 0.3) is 0 Å². The number of nitrogens with two attached hydrogens (primary N) is 1. The van der Waals surface area contributed by atoms with E-state index in [-0.39, 0.29) is 36.9 Å². The van der Waals surface area contributed by atoms with Gasteiger partial charge in [-0.1, -0.05) is 143 Å². The van der Waals surface area contributed by atoms with Crippen molar-refractivity contribution in [2.75, 3.05) is 0 Å². The predicted octanol–water partition coefficient (Wildman–Crippen LogP) is 15.1. The number of hydrogen-bond acceptors (Lipinski definition) is 11. The van der Waals surface area contributed by atoms with Crippen LogP contribution in [0.25, 0.3) is 0 Å². The number of hydrogen-bond donors (Lipinski definition) is 3. The van der Waals surface area contributed by atoms with Crippen LogP contribution < -0.4 is 11.4 Å². The Balaban J connectivity index is 0.000000208. The van der Waals surface area contributed by atoms with E-state index in [1.54, 1.807) is 6.07 Å². The summed E-state index contributed by atoms with van der Waals surface area (Å²) < 4.78 is 15.6. The van der Waals surface area contributed by atoms with E-state index in [2.05, 4.69) is 154 Å². The minimum absolute atomic E-state index is 0. The van der Waals surface area contributed by atoms with Crippen molar-refractivity contribution in [1.82, 2.24) is 0 Å². The van der Waals surface area contributed by atoms with Crippen LogP contribution in [0.2, 0.25) is 0 Å². The summed E-state index contributed by atoms with van der Waals surface area (Å²) in [5, 5.41) is 26.4. The van der Waals surface area contributed by atoms with Crippen molar-refractivity contribution in [3.05, 3.63) is 143 Å². The summed E-state index contributed by atoms with van der Waals surface area (Å²) in [6.45, 7) is 20.4. The Bertz CT molecular complexity index is 2530. The molecule has 2 spiro atoms. The first-order chi connectivity index (χ1) is 33.8. The molecule has 4 aromatic carbocycles. The van der Waals surface area contributed by atoms with E-state index in [4.69, 9.17) is 29.4 Å². The van der Waals surface area contributed by atoms with Gasteiger partial charge in [-0.2, -0.15) is 0 Å². The van der Waals surface area contributed by atoms with Gasteiger partial charge in [-0.05, 0) is 184 Å². The minimum atomic E-state index is -0.340. The first-order valence-corrected chi connectivity index (χ1v) is 27.0. The maximum Gasteiger partial charge on any atom is 0.495 e. The average Bonchev–Trinajstić information content (AvgIpc) is 4.24. The molecule has 0 amide bonds. The average molecular weight is 1180 g/mol. The second-order valence-corrected chi connectivity index (χ2v) is 22.9. The summed E-state index contributed by atoms with van der Waals surface area (Å²) in [6.07, 6.45) is 19.1. The van der Waals surface area contributed by atoms with Crippen molar-refractivity contribution in [2.45, 2.75) is 175 Å². The number of oxime groups is 3. The summed E-state index contributed by atoms with van der Waals surface area (Å²) in [7, 11) is -0.340. The molecule has 4 N–H and O–H groups in total. The lowest BCUT2D eigenvalue weighted by molar-refractivity contribution is -0.0128. The SMILES string of the molecule is C.C=C1CCCC1.Cc1ccc(/C=N\O)cc1Br.Cc1ccc(C2=NOC3(CCCC3)C2)cc1B1OC(C)(C)C(C)(C)O1.Cc1ccc(C2=NOC3(CCCC3)C2)cc1Br.Cc1ccc(C=O)cc1Br.NO. The minimum Gasteiger partial charge on any atom is -0.411 e. The van der Waals surface area contributed by atoms with E-state index >= 15 is 0 Å². The number of nitrogens with zero attached hydrogens (tertiary/aromatic N) is 3. The number of carbonyl (C=O) groups excluding carboxylic acids is 1. The number of benzene rings is 4. The predicted molar refractivity (Wildman–Crippen MR) is 305 cm³/mol. The molecule has 0 radical (unpaired) electrons. The van der Waals surface area contributed by atoms with Gasteiger partial charge in [0.15, 0.2) is 0 Å². The molecule has 3 saturated carbocycles. The molecule has 3 heterocycles. The third-order valence-electron chi connectivity index (χ3n) is 14.4. The zero-order valence-electron chi connectivity index (χ0n) is 42.8. The number of rotatable bonds is 5. The zero-order chi connectivity index (χ0) is 52.0. The molecule has 3 aliphatic carbocycles. The van der Waals surface area contributed by atoms with Crippen LogP contribution in [0.4, 0.5) is 0 Å². The highest BCUT2D eigenvalue weighted by Gasteiger charge is 2.52. The molecule has 11 nitrogen and oxygen atoms in total. The van der Waals surface area contributed by atoms with Crippen LogP contribution in [-0.2, 0) is 19.0 Å². The van der Waals surface area contributed by atoms with Crippen LogP contribution in [0.1, 0.15) is 174 Å². The van der Waals surface area contributed by atoms with E-state index in [9.17, 15) is 4.79 Å². The number of halogens is 3. The van der Waals surface area contributed by atoms with Crippen LogP contribution >= 0.6 is 47.8 Å². The summed E-state index contributed by atoms with van der Waals surface area (Å²) in [4.78, 5) is 21.8. The summed E-state index contributed by atoms with van der Waals surface area (Å²) >= 11 is 10.3. The summed E-state index contributed by atoms with van der Waals surface area (Å²) in [5.74, 6) is 3.50. The van der Waals surface area contributed by atoms with Crippen molar-refractivity contribution in [2.24, 2.45) is 21.4 Å². The largest absolute Gasteiger partial charge is 0.495 e. The molecular weight excluding hydrogens is 1100 g/mol. The van der Waals surface area contributed by atoms with Crippen LogP contribution in [0.5, 0.6) is 0 Å². The Kier molecular flexibility index (Phi) is 23.2. The van der Waals surface area contributed by atoms with Crippen molar-refractivity contribution in [1.29, 1.82) is 0 Å². The quantitative estimate of drug-likeness (QED) is 0.0445. The molecule has 0 aromatic heterocycles. The Morgan fingerprint density at radius 2 is 1.03 bits per heavy atom. The Morgan fingerprint density at radius 3 is 1.43 bits per heavy atom. The highest BCUT2D eigenvalue weighted by atomic mass is 79.9. The fourth-order valence-corrected chi connectivity index (χ4v) is 10.2.